The van der Waals surface area contributed by atoms with Gasteiger partial charge in [0.2, 0.25) is 5.91 Å². The van der Waals surface area contributed by atoms with Crippen LogP contribution in [0.4, 0.5) is 0 Å². The van der Waals surface area contributed by atoms with Gasteiger partial charge in [0.25, 0.3) is 0 Å². The van der Waals surface area contributed by atoms with Crippen molar-refractivity contribution in [1.82, 2.24) is 4.90 Å². The fourth-order valence-corrected chi connectivity index (χ4v) is 2.63. The lowest BCUT2D eigenvalue weighted by atomic mass is 9.94. The summed E-state index contributed by atoms with van der Waals surface area (Å²) in [4.78, 5) is 14.0. The topological polar surface area (TPSA) is 55.6 Å². The summed E-state index contributed by atoms with van der Waals surface area (Å²) in [6, 6.07) is 6.80. The van der Waals surface area contributed by atoms with E-state index in [4.69, 9.17) is 22.1 Å². The summed E-state index contributed by atoms with van der Waals surface area (Å²) >= 11 is 6.26. The van der Waals surface area contributed by atoms with Crippen molar-refractivity contribution in [2.45, 2.75) is 25.9 Å². The Morgan fingerprint density at radius 3 is 2.50 bits per heavy atom. The Morgan fingerprint density at radius 2 is 2.00 bits per heavy atom. The largest absolute Gasteiger partial charge is 0.383 e. The van der Waals surface area contributed by atoms with Gasteiger partial charge in [0, 0.05) is 19.2 Å². The summed E-state index contributed by atoms with van der Waals surface area (Å²) in [5.41, 5.74) is 6.77. The number of amides is 1. The van der Waals surface area contributed by atoms with Crippen LogP contribution in [0.1, 0.15) is 25.5 Å². The van der Waals surface area contributed by atoms with Crippen LogP contribution in [-0.4, -0.2) is 37.6 Å². The molecule has 0 saturated carbocycles. The number of nitrogens with zero attached hydrogens (tertiary/aromatic N) is 1. The second-order valence-electron chi connectivity index (χ2n) is 5.22. The molecule has 0 fully saturated rings. The zero-order valence-corrected chi connectivity index (χ0v) is 13.2. The van der Waals surface area contributed by atoms with Crippen LogP contribution in [0.2, 0.25) is 5.02 Å². The van der Waals surface area contributed by atoms with Crippen LogP contribution in [0, 0.1) is 5.92 Å². The van der Waals surface area contributed by atoms with E-state index in [0.717, 1.165) is 5.56 Å². The Balaban J connectivity index is 3.03. The minimum atomic E-state index is -0.659. The zero-order valence-electron chi connectivity index (χ0n) is 12.5. The number of likely N-dealkylation sites (N-methyl/N-ethyl adjacent to an activating group) is 1. The first-order chi connectivity index (χ1) is 9.40. The van der Waals surface area contributed by atoms with E-state index in [1.54, 1.807) is 11.9 Å². The molecule has 0 aliphatic carbocycles. The van der Waals surface area contributed by atoms with Crippen molar-refractivity contribution in [2.75, 3.05) is 20.8 Å². The molecule has 5 heteroatoms. The van der Waals surface area contributed by atoms with Crippen LogP contribution in [0.5, 0.6) is 0 Å². The number of carbonyl (C=O) groups is 1. The van der Waals surface area contributed by atoms with Gasteiger partial charge in [-0.25, -0.2) is 0 Å². The highest BCUT2D eigenvalue weighted by atomic mass is 35.5. The first kappa shape index (κ1) is 17.0. The molecule has 0 radical (unpaired) electrons. The summed E-state index contributed by atoms with van der Waals surface area (Å²) < 4.78 is 4.95. The molecule has 1 aromatic carbocycles. The lowest BCUT2D eigenvalue weighted by Gasteiger charge is -2.33. The highest BCUT2D eigenvalue weighted by Gasteiger charge is 2.29. The number of rotatable bonds is 6. The molecule has 20 heavy (non-hydrogen) atoms. The van der Waals surface area contributed by atoms with E-state index < -0.39 is 6.04 Å². The number of methoxy groups -OCH3 is 1. The van der Waals surface area contributed by atoms with Gasteiger partial charge in [0.1, 0.15) is 6.04 Å². The lowest BCUT2D eigenvalue weighted by Crippen LogP contribution is -2.46. The van der Waals surface area contributed by atoms with Crippen molar-refractivity contribution < 1.29 is 9.53 Å². The van der Waals surface area contributed by atoms with Gasteiger partial charge in [-0.1, -0.05) is 43.6 Å². The molecular weight excluding hydrogens is 276 g/mol. The molecular formula is C15H23ClN2O2. The van der Waals surface area contributed by atoms with Crippen molar-refractivity contribution in [3.63, 3.8) is 0 Å². The smallest absolute Gasteiger partial charge is 0.242 e. The quantitative estimate of drug-likeness (QED) is 0.878. The molecule has 0 aliphatic rings. The molecule has 112 valence electrons. The third-order valence-corrected chi connectivity index (χ3v) is 3.63. The number of benzene rings is 1. The van der Waals surface area contributed by atoms with Crippen molar-refractivity contribution >= 4 is 17.5 Å². The molecule has 0 aromatic heterocycles. The Morgan fingerprint density at radius 1 is 1.40 bits per heavy atom. The molecule has 0 aliphatic heterocycles. The van der Waals surface area contributed by atoms with Crippen LogP contribution >= 0.6 is 11.6 Å². The maximum Gasteiger partial charge on any atom is 0.242 e. The van der Waals surface area contributed by atoms with Gasteiger partial charge < -0.3 is 15.4 Å². The second kappa shape index (κ2) is 7.62. The lowest BCUT2D eigenvalue weighted by molar-refractivity contribution is -0.135. The Labute approximate surface area is 125 Å². The number of ether oxygens (including phenoxy) is 1. The zero-order chi connectivity index (χ0) is 15.3. The molecule has 0 bridgehead atoms. The fraction of sp³-hybridized carbons (Fsp3) is 0.533. The highest BCUT2D eigenvalue weighted by Crippen LogP contribution is 2.32. The maximum absolute atomic E-state index is 12.3. The molecule has 2 unspecified atom stereocenters. The van der Waals surface area contributed by atoms with Crippen molar-refractivity contribution in [2.24, 2.45) is 11.7 Å². The van der Waals surface area contributed by atoms with E-state index in [2.05, 4.69) is 13.8 Å². The van der Waals surface area contributed by atoms with Gasteiger partial charge in [0.05, 0.1) is 12.6 Å². The maximum atomic E-state index is 12.3. The Kier molecular flexibility index (Phi) is 6.46. The van der Waals surface area contributed by atoms with Gasteiger partial charge in [0.15, 0.2) is 0 Å². The number of carbonyl (C=O) groups excluding carboxylic acids is 1. The number of hydrogen-bond donors (Lipinski definition) is 1. The van der Waals surface area contributed by atoms with E-state index >= 15 is 0 Å². The van der Waals surface area contributed by atoms with E-state index in [0.29, 0.717) is 5.02 Å². The van der Waals surface area contributed by atoms with Crippen LogP contribution in [-0.2, 0) is 9.53 Å². The van der Waals surface area contributed by atoms with Crippen molar-refractivity contribution in [3.8, 4) is 0 Å². The van der Waals surface area contributed by atoms with Crippen molar-refractivity contribution in [3.05, 3.63) is 34.9 Å². The molecule has 0 spiro atoms. The van der Waals surface area contributed by atoms with Gasteiger partial charge >= 0.3 is 0 Å². The molecule has 0 heterocycles. The molecule has 4 nitrogen and oxygen atoms in total. The third-order valence-electron chi connectivity index (χ3n) is 3.28. The van der Waals surface area contributed by atoms with Crippen LogP contribution < -0.4 is 5.73 Å². The summed E-state index contributed by atoms with van der Waals surface area (Å²) in [7, 11) is 3.28. The van der Waals surface area contributed by atoms with Crippen LogP contribution in [0.25, 0.3) is 0 Å². The monoisotopic (exact) mass is 298 g/mol. The SMILES string of the molecule is COCC(N)C(=O)N(C)C(c1ccccc1Cl)C(C)C. The van der Waals surface area contributed by atoms with E-state index in [1.165, 1.54) is 7.11 Å². The average molecular weight is 299 g/mol. The summed E-state index contributed by atoms with van der Waals surface area (Å²) in [6.45, 7) is 4.32. The Hall–Kier alpha value is -1.10. The van der Waals surface area contributed by atoms with Gasteiger partial charge in [-0.15, -0.1) is 0 Å². The normalized spacial score (nSPS) is 14.2. The minimum Gasteiger partial charge on any atom is -0.383 e. The highest BCUT2D eigenvalue weighted by molar-refractivity contribution is 6.31. The summed E-state index contributed by atoms with van der Waals surface area (Å²) in [6.07, 6.45) is 0. The van der Waals surface area contributed by atoms with E-state index in [-0.39, 0.29) is 24.5 Å². The summed E-state index contributed by atoms with van der Waals surface area (Å²) in [5.74, 6) is 0.0732. The predicted octanol–water partition coefficient (Wildman–Crippen LogP) is 2.47. The molecule has 1 amide bonds. The molecule has 1 rings (SSSR count). The molecule has 2 N–H and O–H groups in total. The molecule has 1 aromatic rings. The third kappa shape index (κ3) is 3.95. The molecule has 0 saturated heterocycles. The first-order valence-corrected chi connectivity index (χ1v) is 7.03. The Bertz CT molecular complexity index is 451. The predicted molar refractivity (Wildman–Crippen MR) is 81.7 cm³/mol. The number of halogens is 1. The fourth-order valence-electron chi connectivity index (χ4n) is 2.38. The average Bonchev–Trinajstić information content (AvgIpc) is 2.40. The van der Waals surface area contributed by atoms with E-state index in [1.807, 2.05) is 24.3 Å². The number of nitrogens with two attached hydrogens (primary N) is 1. The second-order valence-corrected chi connectivity index (χ2v) is 5.63. The minimum absolute atomic E-state index is 0.112. The standard InChI is InChI=1S/C15H23ClN2O2/c1-10(2)14(11-7-5-6-8-12(11)16)18(3)15(19)13(17)9-20-4/h5-8,10,13-14H,9,17H2,1-4H3. The van der Waals surface area contributed by atoms with Gasteiger partial charge in [-0.2, -0.15) is 0 Å². The van der Waals surface area contributed by atoms with E-state index in [9.17, 15) is 4.79 Å². The summed E-state index contributed by atoms with van der Waals surface area (Å²) in [5, 5.41) is 0.658. The van der Waals surface area contributed by atoms with Gasteiger partial charge in [-0.05, 0) is 17.5 Å². The number of hydrogen-bond acceptors (Lipinski definition) is 3. The van der Waals surface area contributed by atoms with Crippen LogP contribution in [0.15, 0.2) is 24.3 Å². The first-order valence-electron chi connectivity index (χ1n) is 6.65. The van der Waals surface area contributed by atoms with Gasteiger partial charge in [-0.3, -0.25) is 4.79 Å². The van der Waals surface area contributed by atoms with Crippen LogP contribution in [0.3, 0.4) is 0 Å². The molecule has 2 atom stereocenters. The van der Waals surface area contributed by atoms with Crippen molar-refractivity contribution in [1.29, 1.82) is 0 Å².